The zero-order valence-electron chi connectivity index (χ0n) is 14.6. The standard InChI is InChI=1S/C19H22N4O3/c1-13-10-17(23-26-13)22-19(25)12-20-15-8-4-5-9-16(15)21-18(24)11-14-6-2-3-7-14/h2,4-6,8-10,14,20H,3,7,11-12H2,1H3,(H,21,24)(H,22,23,25). The van der Waals surface area contributed by atoms with Gasteiger partial charge in [-0.1, -0.05) is 29.4 Å². The van der Waals surface area contributed by atoms with Crippen LogP contribution in [0.2, 0.25) is 0 Å². The van der Waals surface area contributed by atoms with E-state index in [0.29, 0.717) is 35.3 Å². The summed E-state index contributed by atoms with van der Waals surface area (Å²) in [7, 11) is 0. The summed E-state index contributed by atoms with van der Waals surface area (Å²) in [6, 6.07) is 8.96. The van der Waals surface area contributed by atoms with Gasteiger partial charge in [-0.15, -0.1) is 0 Å². The minimum atomic E-state index is -0.254. The van der Waals surface area contributed by atoms with Crippen molar-refractivity contribution in [3.05, 3.63) is 48.2 Å². The summed E-state index contributed by atoms with van der Waals surface area (Å²) in [6.45, 7) is 1.80. The minimum absolute atomic E-state index is 0.0293. The Labute approximate surface area is 151 Å². The summed E-state index contributed by atoms with van der Waals surface area (Å²) >= 11 is 0. The number of rotatable bonds is 7. The molecule has 26 heavy (non-hydrogen) atoms. The van der Waals surface area contributed by atoms with Crippen LogP contribution in [0.5, 0.6) is 0 Å². The van der Waals surface area contributed by atoms with Crippen molar-refractivity contribution in [2.45, 2.75) is 26.2 Å². The molecule has 1 atom stereocenters. The van der Waals surface area contributed by atoms with E-state index in [4.69, 9.17) is 4.52 Å². The molecule has 0 fully saturated rings. The average Bonchev–Trinajstić information content (AvgIpc) is 3.26. The average molecular weight is 354 g/mol. The van der Waals surface area contributed by atoms with Crippen molar-refractivity contribution in [3.8, 4) is 0 Å². The van der Waals surface area contributed by atoms with E-state index in [1.165, 1.54) is 0 Å². The number of nitrogens with zero attached hydrogens (tertiary/aromatic N) is 1. The summed E-state index contributed by atoms with van der Waals surface area (Å²) in [5.74, 6) is 1.03. The Morgan fingerprint density at radius 3 is 2.69 bits per heavy atom. The second-order valence-electron chi connectivity index (χ2n) is 6.29. The molecule has 1 aliphatic carbocycles. The number of carbonyl (C=O) groups is 2. The zero-order valence-corrected chi connectivity index (χ0v) is 14.6. The highest BCUT2D eigenvalue weighted by molar-refractivity contribution is 5.96. The maximum absolute atomic E-state index is 12.2. The number of anilines is 3. The first kappa shape index (κ1) is 17.7. The monoisotopic (exact) mass is 354 g/mol. The highest BCUT2D eigenvalue weighted by Crippen LogP contribution is 2.24. The highest BCUT2D eigenvalue weighted by Gasteiger charge is 2.15. The van der Waals surface area contributed by atoms with E-state index in [2.05, 4.69) is 33.3 Å². The topological polar surface area (TPSA) is 96.3 Å². The molecule has 0 saturated carbocycles. The van der Waals surface area contributed by atoms with Gasteiger partial charge in [-0.3, -0.25) is 9.59 Å². The molecular formula is C19H22N4O3. The lowest BCUT2D eigenvalue weighted by Gasteiger charge is -2.14. The van der Waals surface area contributed by atoms with Crippen molar-refractivity contribution >= 4 is 29.0 Å². The smallest absolute Gasteiger partial charge is 0.244 e. The number of aromatic nitrogens is 1. The van der Waals surface area contributed by atoms with Gasteiger partial charge < -0.3 is 20.5 Å². The molecule has 1 heterocycles. The summed E-state index contributed by atoms with van der Waals surface area (Å²) in [4.78, 5) is 24.2. The van der Waals surface area contributed by atoms with Gasteiger partial charge in [0.1, 0.15) is 5.76 Å². The molecule has 3 rings (SSSR count). The van der Waals surface area contributed by atoms with Gasteiger partial charge in [0.2, 0.25) is 11.8 Å². The van der Waals surface area contributed by atoms with Gasteiger partial charge in [0.15, 0.2) is 5.82 Å². The van der Waals surface area contributed by atoms with Gasteiger partial charge in [0.25, 0.3) is 0 Å². The van der Waals surface area contributed by atoms with Crippen LogP contribution < -0.4 is 16.0 Å². The fourth-order valence-corrected chi connectivity index (χ4v) is 2.84. The van der Waals surface area contributed by atoms with Crippen LogP contribution in [-0.4, -0.2) is 23.5 Å². The highest BCUT2D eigenvalue weighted by atomic mass is 16.5. The molecule has 1 aromatic carbocycles. The third-order valence-electron chi connectivity index (χ3n) is 4.10. The van der Waals surface area contributed by atoms with Crippen LogP contribution in [0.1, 0.15) is 25.0 Å². The lowest BCUT2D eigenvalue weighted by atomic mass is 10.0. The summed E-state index contributed by atoms with van der Waals surface area (Å²) in [6.07, 6.45) is 6.74. The Hall–Kier alpha value is -3.09. The van der Waals surface area contributed by atoms with Crippen LogP contribution in [0.15, 0.2) is 47.0 Å². The molecule has 2 aromatic rings. The number of carbonyl (C=O) groups excluding carboxylic acids is 2. The first-order chi connectivity index (χ1) is 12.6. The second-order valence-corrected chi connectivity index (χ2v) is 6.29. The van der Waals surface area contributed by atoms with Gasteiger partial charge in [-0.2, -0.15) is 0 Å². The molecule has 1 aliphatic rings. The predicted molar refractivity (Wildman–Crippen MR) is 99.9 cm³/mol. The lowest BCUT2D eigenvalue weighted by molar-refractivity contribution is -0.117. The molecule has 0 radical (unpaired) electrons. The maximum Gasteiger partial charge on any atom is 0.244 e. The van der Waals surface area contributed by atoms with Crippen LogP contribution in [0.3, 0.4) is 0 Å². The van der Waals surface area contributed by atoms with E-state index in [9.17, 15) is 9.59 Å². The molecule has 0 bridgehead atoms. The zero-order chi connectivity index (χ0) is 18.4. The Morgan fingerprint density at radius 2 is 2.00 bits per heavy atom. The van der Waals surface area contributed by atoms with Crippen LogP contribution in [0, 0.1) is 12.8 Å². The summed E-state index contributed by atoms with van der Waals surface area (Å²) in [5, 5.41) is 12.3. The van der Waals surface area contributed by atoms with E-state index in [0.717, 1.165) is 12.8 Å². The second kappa shape index (κ2) is 8.33. The summed E-state index contributed by atoms with van der Waals surface area (Å²) < 4.78 is 4.91. The Balaban J connectivity index is 1.53. The molecule has 2 amide bonds. The molecule has 0 aliphatic heterocycles. The number of allylic oxidation sites excluding steroid dienone is 2. The van der Waals surface area contributed by atoms with Gasteiger partial charge in [0, 0.05) is 12.5 Å². The van der Waals surface area contributed by atoms with Crippen LogP contribution >= 0.6 is 0 Å². The minimum Gasteiger partial charge on any atom is -0.374 e. The number of hydrogen-bond acceptors (Lipinski definition) is 5. The quantitative estimate of drug-likeness (QED) is 0.663. The summed E-state index contributed by atoms with van der Waals surface area (Å²) in [5.41, 5.74) is 1.35. The first-order valence-corrected chi connectivity index (χ1v) is 8.63. The number of benzene rings is 1. The van der Waals surface area contributed by atoms with Crippen LogP contribution in [0.4, 0.5) is 17.2 Å². The predicted octanol–water partition coefficient (Wildman–Crippen LogP) is 3.33. The van der Waals surface area contributed by atoms with Gasteiger partial charge in [0.05, 0.1) is 17.9 Å². The molecule has 136 valence electrons. The van der Waals surface area contributed by atoms with E-state index in [-0.39, 0.29) is 18.4 Å². The van der Waals surface area contributed by atoms with Gasteiger partial charge in [-0.05, 0) is 37.8 Å². The fourth-order valence-electron chi connectivity index (χ4n) is 2.84. The van der Waals surface area contributed by atoms with E-state index >= 15 is 0 Å². The molecule has 0 saturated heterocycles. The van der Waals surface area contributed by atoms with Crippen molar-refractivity contribution < 1.29 is 14.1 Å². The maximum atomic E-state index is 12.2. The third-order valence-corrected chi connectivity index (χ3v) is 4.10. The van der Waals surface area contributed by atoms with E-state index in [1.807, 2.05) is 24.3 Å². The molecule has 7 heteroatoms. The Morgan fingerprint density at radius 1 is 1.19 bits per heavy atom. The first-order valence-electron chi connectivity index (χ1n) is 8.63. The van der Waals surface area contributed by atoms with Crippen LogP contribution in [0.25, 0.3) is 0 Å². The van der Waals surface area contributed by atoms with Gasteiger partial charge >= 0.3 is 0 Å². The van der Waals surface area contributed by atoms with Crippen molar-refractivity contribution in [2.24, 2.45) is 5.92 Å². The molecule has 1 unspecified atom stereocenters. The molecule has 3 N–H and O–H groups in total. The number of amides is 2. The number of nitrogens with one attached hydrogen (secondary N) is 3. The molecule has 7 nitrogen and oxygen atoms in total. The van der Waals surface area contributed by atoms with E-state index in [1.54, 1.807) is 13.0 Å². The third kappa shape index (κ3) is 4.95. The Bertz CT molecular complexity index is 813. The van der Waals surface area contributed by atoms with Crippen molar-refractivity contribution in [1.29, 1.82) is 0 Å². The van der Waals surface area contributed by atoms with E-state index < -0.39 is 0 Å². The Kier molecular flexibility index (Phi) is 5.68. The molecular weight excluding hydrogens is 332 g/mol. The number of para-hydroxylation sites is 2. The van der Waals surface area contributed by atoms with Crippen molar-refractivity contribution in [1.82, 2.24) is 5.16 Å². The van der Waals surface area contributed by atoms with Crippen molar-refractivity contribution in [2.75, 3.05) is 22.5 Å². The van der Waals surface area contributed by atoms with Crippen LogP contribution in [-0.2, 0) is 9.59 Å². The number of aryl methyl sites for hydroxylation is 1. The van der Waals surface area contributed by atoms with Crippen molar-refractivity contribution in [3.63, 3.8) is 0 Å². The fraction of sp³-hybridized carbons (Fsp3) is 0.316. The molecule has 0 spiro atoms. The lowest BCUT2D eigenvalue weighted by Crippen LogP contribution is -2.23. The van der Waals surface area contributed by atoms with Gasteiger partial charge in [-0.25, -0.2) is 0 Å². The molecule has 1 aromatic heterocycles. The number of hydrogen-bond donors (Lipinski definition) is 3. The largest absolute Gasteiger partial charge is 0.374 e. The SMILES string of the molecule is Cc1cc(NC(=O)CNc2ccccc2NC(=O)CC2C=CCC2)no1. The normalized spacial score (nSPS) is 15.7.